The molecule has 0 spiro atoms. The molecule has 10 nitrogen and oxygen atoms in total. The molecule has 0 saturated carbocycles. The minimum Gasteiger partial charge on any atom is -0.298 e. The first-order valence-electron chi connectivity index (χ1n) is 34.4. The van der Waals surface area contributed by atoms with Crippen LogP contribution in [0.3, 0.4) is 0 Å². The Hall–Kier alpha value is -4.10. The van der Waals surface area contributed by atoms with Crippen LogP contribution in [0, 0.1) is 0 Å². The van der Waals surface area contributed by atoms with Crippen LogP contribution < -0.4 is 0 Å². The van der Waals surface area contributed by atoms with Crippen LogP contribution in [0.25, 0.3) is 12.2 Å². The lowest BCUT2D eigenvalue weighted by Gasteiger charge is -2.52. The van der Waals surface area contributed by atoms with Gasteiger partial charge in [-0.15, -0.1) is 0 Å². The molecular formula is C78H134N6O4. The number of pyridine rings is 2. The second kappa shape index (κ2) is 40.0. The number of hydrogen-bond acceptors (Lipinski definition) is 10. The van der Waals surface area contributed by atoms with E-state index in [2.05, 4.69) is 224 Å². The number of piperidine rings is 4. The summed E-state index contributed by atoms with van der Waals surface area (Å²) >= 11 is 0. The fourth-order valence-corrected chi connectivity index (χ4v) is 13.1. The molecule has 4 fully saturated rings. The van der Waals surface area contributed by atoms with E-state index >= 15 is 0 Å². The maximum atomic E-state index is 6.58. The minimum absolute atomic E-state index is 0.0841. The van der Waals surface area contributed by atoms with E-state index in [0.717, 1.165) is 44.5 Å². The molecular weight excluding hydrogens is 1080 g/mol. The largest absolute Gasteiger partial charge is 0.298 e. The normalized spacial score (nSPS) is 20.7. The summed E-state index contributed by atoms with van der Waals surface area (Å²) in [5.74, 6) is 0. The predicted molar refractivity (Wildman–Crippen MR) is 380 cm³/mol. The van der Waals surface area contributed by atoms with Gasteiger partial charge in [0.1, 0.15) is 12.2 Å². The van der Waals surface area contributed by atoms with Crippen molar-refractivity contribution in [1.82, 2.24) is 30.2 Å². The second-order valence-corrected chi connectivity index (χ2v) is 28.5. The molecule has 6 heterocycles. The highest BCUT2D eigenvalue weighted by molar-refractivity contribution is 5.46. The van der Waals surface area contributed by atoms with E-state index in [9.17, 15) is 0 Å². The zero-order valence-electron chi connectivity index (χ0n) is 61.2. The van der Waals surface area contributed by atoms with Crippen molar-refractivity contribution in [2.45, 2.75) is 325 Å². The summed E-state index contributed by atoms with van der Waals surface area (Å²) in [6.45, 7) is 61.9. The van der Waals surface area contributed by atoms with Crippen molar-refractivity contribution in [3.05, 3.63) is 145 Å². The van der Waals surface area contributed by atoms with Crippen LogP contribution >= 0.6 is 0 Å². The molecule has 0 radical (unpaired) electrons. The van der Waals surface area contributed by atoms with Gasteiger partial charge in [0.25, 0.3) is 0 Å². The smallest absolute Gasteiger partial charge is 0.104 e. The molecule has 4 aromatic rings. The average molecular weight is 1220 g/mol. The number of benzene rings is 2. The first-order valence-corrected chi connectivity index (χ1v) is 34.4. The number of aromatic nitrogens is 2. The SMILES string of the molecule is C=Cc1ccccc1.C=Cc1ccncc1.CC.CC.CCCC(ON1C(C)(C)CCCC1(C)C)c1ccccc1.CCCC(ON1C(C)(C)CCCC1(C)C)c1ccncc1.CCON1C(C)(C)CCCC1(C)C.CCON1C(C)(C)CCCC1(C)C. The van der Waals surface area contributed by atoms with Gasteiger partial charge in [-0.05, 0) is 261 Å². The molecule has 500 valence electrons. The van der Waals surface area contributed by atoms with Crippen LogP contribution in [-0.4, -0.2) is 87.7 Å². The predicted octanol–water partition coefficient (Wildman–Crippen LogP) is 22.5. The lowest BCUT2D eigenvalue weighted by Crippen LogP contribution is -2.58. The van der Waals surface area contributed by atoms with Crippen LogP contribution in [-0.2, 0) is 19.4 Å². The Morgan fingerprint density at radius 2 is 0.625 bits per heavy atom. The van der Waals surface area contributed by atoms with Crippen molar-refractivity contribution in [1.29, 1.82) is 0 Å². The van der Waals surface area contributed by atoms with Gasteiger partial charge >= 0.3 is 0 Å². The number of rotatable bonds is 16. The Morgan fingerprint density at radius 1 is 0.375 bits per heavy atom. The molecule has 0 aliphatic carbocycles. The Balaban J connectivity index is 0.000000540. The van der Waals surface area contributed by atoms with Crippen LogP contribution in [0.15, 0.2) is 123 Å². The molecule has 4 aliphatic heterocycles. The van der Waals surface area contributed by atoms with Gasteiger partial charge in [0.2, 0.25) is 0 Å². The molecule has 4 aliphatic rings. The highest BCUT2D eigenvalue weighted by atomic mass is 16.7. The highest BCUT2D eigenvalue weighted by Crippen LogP contribution is 2.44. The second-order valence-electron chi connectivity index (χ2n) is 28.5. The molecule has 0 N–H and O–H groups in total. The highest BCUT2D eigenvalue weighted by Gasteiger charge is 2.46. The van der Waals surface area contributed by atoms with Crippen LogP contribution in [0.1, 0.15) is 303 Å². The van der Waals surface area contributed by atoms with E-state index < -0.39 is 0 Å². The lowest BCUT2D eigenvalue weighted by atomic mass is 9.82. The van der Waals surface area contributed by atoms with Crippen molar-refractivity contribution in [3.63, 3.8) is 0 Å². The molecule has 0 amide bonds. The lowest BCUT2D eigenvalue weighted by molar-refractivity contribution is -0.308. The van der Waals surface area contributed by atoms with Crippen LogP contribution in [0.5, 0.6) is 0 Å². The molecule has 0 bridgehead atoms. The summed E-state index contributed by atoms with van der Waals surface area (Å²) in [6.07, 6.45) is 30.3. The van der Waals surface area contributed by atoms with Gasteiger partial charge in [-0.2, -0.15) is 20.3 Å². The first kappa shape index (κ1) is 81.9. The molecule has 4 saturated heterocycles. The van der Waals surface area contributed by atoms with Crippen LogP contribution in [0.4, 0.5) is 0 Å². The van der Waals surface area contributed by atoms with E-state index in [1.165, 1.54) is 93.7 Å². The van der Waals surface area contributed by atoms with Crippen molar-refractivity contribution >= 4 is 12.2 Å². The topological polar surface area (TPSA) is 75.7 Å². The Kier molecular flexibility index (Phi) is 37.2. The maximum Gasteiger partial charge on any atom is 0.104 e. The standard InChI is InChI=1S/C19H31NO.C18H30N2O.2C11H23NO.C8H8.C7H7N.2C2H6/c1-6-11-17(16-12-8-7-9-13-16)21-20-18(2,3)14-10-15-19(20,4)5;1-6-8-16(15-9-13-19-14-10-15)21-20-17(2,3)11-7-12-18(20,4)5;2*1-6-13-12-10(2,3)8-7-9-11(12,4)5;1-2-8-6-4-3-5-7-8;1-2-7-3-5-8-6-4-7;2*1-2/h7-9,12-13,17H,6,10-11,14-15H2,1-5H3;9-10,13-14,16H,6-8,11-12H2,1-5H3;2*6-9H2,1-5H3;2-7H,1H2;2-6H,1H2;2*1-2H3. The summed E-state index contributed by atoms with van der Waals surface area (Å²) < 4.78 is 0. The zero-order valence-corrected chi connectivity index (χ0v) is 61.2. The fraction of sp³-hybridized carbons (Fsp3) is 0.667. The van der Waals surface area contributed by atoms with Gasteiger partial charge in [-0.1, -0.05) is 140 Å². The molecule has 88 heavy (non-hydrogen) atoms. The van der Waals surface area contributed by atoms with Gasteiger partial charge in [-0.25, -0.2) is 0 Å². The maximum absolute atomic E-state index is 6.58. The van der Waals surface area contributed by atoms with Crippen molar-refractivity contribution < 1.29 is 19.4 Å². The molecule has 8 rings (SSSR count). The third-order valence-corrected chi connectivity index (χ3v) is 17.0. The Labute approximate surface area is 542 Å². The molecule has 2 aromatic heterocycles. The molecule has 2 unspecified atom stereocenters. The van der Waals surface area contributed by atoms with E-state index in [1.54, 1.807) is 18.5 Å². The van der Waals surface area contributed by atoms with Crippen LogP contribution in [0.2, 0.25) is 0 Å². The quantitative estimate of drug-likeness (QED) is 0.108. The van der Waals surface area contributed by atoms with Crippen molar-refractivity contribution in [3.8, 4) is 0 Å². The van der Waals surface area contributed by atoms with Gasteiger partial charge in [0, 0.05) is 69.1 Å². The zero-order chi connectivity index (χ0) is 66.9. The van der Waals surface area contributed by atoms with Gasteiger partial charge in [0.15, 0.2) is 0 Å². The summed E-state index contributed by atoms with van der Waals surface area (Å²) in [6, 6.07) is 28.6. The van der Waals surface area contributed by atoms with E-state index in [-0.39, 0.29) is 56.5 Å². The third-order valence-electron chi connectivity index (χ3n) is 17.0. The third kappa shape index (κ3) is 27.4. The fourth-order valence-electron chi connectivity index (χ4n) is 13.1. The molecule has 10 heteroatoms. The van der Waals surface area contributed by atoms with Gasteiger partial charge in [-0.3, -0.25) is 29.3 Å². The Morgan fingerprint density at radius 3 is 0.875 bits per heavy atom. The van der Waals surface area contributed by atoms with Gasteiger partial charge in [0.05, 0.1) is 13.2 Å². The monoisotopic (exact) mass is 1220 g/mol. The number of hydrogen-bond donors (Lipinski definition) is 0. The van der Waals surface area contributed by atoms with Crippen molar-refractivity contribution in [2.24, 2.45) is 0 Å². The first-order chi connectivity index (χ1) is 41.4. The van der Waals surface area contributed by atoms with E-state index in [1.807, 2.05) is 88.6 Å². The Bertz CT molecular complexity index is 2170. The molecule has 2 atom stereocenters. The summed E-state index contributed by atoms with van der Waals surface area (Å²) in [4.78, 5) is 32.6. The van der Waals surface area contributed by atoms with Gasteiger partial charge < -0.3 is 0 Å². The van der Waals surface area contributed by atoms with E-state index in [0.29, 0.717) is 0 Å². The van der Waals surface area contributed by atoms with Crippen molar-refractivity contribution in [2.75, 3.05) is 13.2 Å². The average Bonchev–Trinajstić information content (AvgIpc) is 2.73. The number of nitrogens with zero attached hydrogens (tertiary/aromatic N) is 6. The summed E-state index contributed by atoms with van der Waals surface area (Å²) in [7, 11) is 0. The molecule has 2 aromatic carbocycles. The minimum atomic E-state index is 0.0841. The summed E-state index contributed by atoms with van der Waals surface area (Å²) in [5.41, 5.74) is 5.94. The number of hydroxylamine groups is 8. The van der Waals surface area contributed by atoms with E-state index in [4.69, 9.17) is 19.4 Å². The summed E-state index contributed by atoms with van der Waals surface area (Å²) in [5, 5.41) is 8.95.